The van der Waals surface area contributed by atoms with E-state index in [2.05, 4.69) is 16.8 Å². The van der Waals surface area contributed by atoms with Gasteiger partial charge in [0.15, 0.2) is 0 Å². The number of nitrogens with zero attached hydrogens (tertiary/aromatic N) is 3. The number of likely N-dealkylation sites (tertiary alicyclic amines) is 1. The number of carbonyl (C=O) groups is 1. The molecule has 1 amide bonds. The quantitative estimate of drug-likeness (QED) is 0.853. The SMILES string of the molecule is C[C@H](c1nccs1)N1CCC(N(C)C(=O)OC(C)(C)C)CC1. The van der Waals surface area contributed by atoms with Crippen molar-refractivity contribution in [3.05, 3.63) is 16.6 Å². The number of piperidine rings is 1. The molecule has 1 atom stereocenters. The summed E-state index contributed by atoms with van der Waals surface area (Å²) in [4.78, 5) is 20.8. The molecule has 1 aliphatic rings. The minimum Gasteiger partial charge on any atom is -0.444 e. The maximum atomic E-state index is 12.1. The first-order valence-electron chi connectivity index (χ1n) is 7.87. The zero-order valence-corrected chi connectivity index (χ0v) is 15.0. The molecule has 0 N–H and O–H groups in total. The molecule has 0 aliphatic carbocycles. The highest BCUT2D eigenvalue weighted by atomic mass is 32.1. The summed E-state index contributed by atoms with van der Waals surface area (Å²) in [5, 5.41) is 3.19. The van der Waals surface area contributed by atoms with Crippen LogP contribution in [0.3, 0.4) is 0 Å². The zero-order valence-electron chi connectivity index (χ0n) is 14.2. The lowest BCUT2D eigenvalue weighted by atomic mass is 10.0. The molecule has 0 spiro atoms. The van der Waals surface area contributed by atoms with Crippen LogP contribution in [0.4, 0.5) is 4.79 Å². The summed E-state index contributed by atoms with van der Waals surface area (Å²) in [7, 11) is 1.85. The molecule has 5 nitrogen and oxygen atoms in total. The van der Waals surface area contributed by atoms with Crippen molar-refractivity contribution in [1.82, 2.24) is 14.8 Å². The Hall–Kier alpha value is -1.14. The number of rotatable bonds is 3. The number of aromatic nitrogens is 1. The van der Waals surface area contributed by atoms with Gasteiger partial charge in [0.25, 0.3) is 0 Å². The fourth-order valence-corrected chi connectivity index (χ4v) is 3.47. The predicted octanol–water partition coefficient (Wildman–Crippen LogP) is 3.54. The zero-order chi connectivity index (χ0) is 16.3. The Morgan fingerprint density at radius 1 is 1.45 bits per heavy atom. The van der Waals surface area contributed by atoms with Crippen molar-refractivity contribution in [1.29, 1.82) is 0 Å². The van der Waals surface area contributed by atoms with Crippen LogP contribution in [0, 0.1) is 0 Å². The van der Waals surface area contributed by atoms with Gasteiger partial charge in [0, 0.05) is 37.8 Å². The van der Waals surface area contributed by atoms with Gasteiger partial charge in [0.05, 0.1) is 6.04 Å². The van der Waals surface area contributed by atoms with E-state index in [1.165, 1.54) is 5.01 Å². The monoisotopic (exact) mass is 325 g/mol. The Kier molecular flexibility index (Phi) is 5.45. The van der Waals surface area contributed by atoms with Gasteiger partial charge in [0.2, 0.25) is 0 Å². The van der Waals surface area contributed by atoms with Crippen LogP contribution in [0.5, 0.6) is 0 Å². The van der Waals surface area contributed by atoms with E-state index in [0.717, 1.165) is 25.9 Å². The van der Waals surface area contributed by atoms with Crippen LogP contribution < -0.4 is 0 Å². The van der Waals surface area contributed by atoms with Gasteiger partial charge in [-0.3, -0.25) is 4.90 Å². The molecule has 2 rings (SSSR count). The fourth-order valence-electron chi connectivity index (χ4n) is 2.74. The molecule has 1 aromatic rings. The Balaban J connectivity index is 1.85. The third-order valence-corrected chi connectivity index (χ3v) is 5.03. The van der Waals surface area contributed by atoms with Crippen LogP contribution in [0.1, 0.15) is 51.6 Å². The van der Waals surface area contributed by atoms with E-state index in [4.69, 9.17) is 4.74 Å². The molecule has 124 valence electrons. The van der Waals surface area contributed by atoms with Crippen molar-refractivity contribution in [2.45, 2.75) is 58.2 Å². The van der Waals surface area contributed by atoms with Gasteiger partial charge in [-0.1, -0.05) is 0 Å². The first-order valence-corrected chi connectivity index (χ1v) is 8.75. The number of ether oxygens (including phenoxy) is 1. The van der Waals surface area contributed by atoms with Crippen molar-refractivity contribution in [2.75, 3.05) is 20.1 Å². The predicted molar refractivity (Wildman–Crippen MR) is 89.1 cm³/mol. The Morgan fingerprint density at radius 3 is 2.59 bits per heavy atom. The van der Waals surface area contributed by atoms with Gasteiger partial charge in [-0.25, -0.2) is 9.78 Å². The number of hydrogen-bond donors (Lipinski definition) is 0. The maximum Gasteiger partial charge on any atom is 0.410 e. The lowest BCUT2D eigenvalue weighted by Crippen LogP contribution is -2.47. The summed E-state index contributed by atoms with van der Waals surface area (Å²) >= 11 is 1.71. The van der Waals surface area contributed by atoms with Crippen molar-refractivity contribution >= 4 is 17.4 Å². The van der Waals surface area contributed by atoms with Gasteiger partial charge in [0.1, 0.15) is 10.6 Å². The summed E-state index contributed by atoms with van der Waals surface area (Å²) in [6, 6.07) is 0.613. The average Bonchev–Trinajstić information content (AvgIpc) is 2.98. The van der Waals surface area contributed by atoms with E-state index in [0.29, 0.717) is 6.04 Å². The topological polar surface area (TPSA) is 45.7 Å². The molecular formula is C16H27N3O2S. The first kappa shape index (κ1) is 17.2. The molecule has 0 unspecified atom stereocenters. The molecule has 6 heteroatoms. The van der Waals surface area contributed by atoms with Gasteiger partial charge < -0.3 is 9.64 Å². The first-order chi connectivity index (χ1) is 10.3. The smallest absolute Gasteiger partial charge is 0.410 e. The fraction of sp³-hybridized carbons (Fsp3) is 0.750. The van der Waals surface area contributed by atoms with Crippen LogP contribution in [0.15, 0.2) is 11.6 Å². The molecule has 2 heterocycles. The molecule has 1 saturated heterocycles. The van der Waals surface area contributed by atoms with Crippen LogP contribution in [-0.2, 0) is 4.74 Å². The molecule has 0 bridgehead atoms. The summed E-state index contributed by atoms with van der Waals surface area (Å²) in [6.45, 7) is 9.87. The van der Waals surface area contributed by atoms with E-state index < -0.39 is 5.60 Å². The van der Waals surface area contributed by atoms with Crippen LogP contribution >= 0.6 is 11.3 Å². The maximum absolute atomic E-state index is 12.1. The van der Waals surface area contributed by atoms with Crippen molar-refractivity contribution < 1.29 is 9.53 Å². The minimum atomic E-state index is -0.439. The normalized spacial score (nSPS) is 19.0. The lowest BCUT2D eigenvalue weighted by molar-refractivity contribution is 0.0133. The number of thiazole rings is 1. The van der Waals surface area contributed by atoms with E-state index >= 15 is 0 Å². The van der Waals surface area contributed by atoms with E-state index in [9.17, 15) is 4.79 Å². The highest BCUT2D eigenvalue weighted by Gasteiger charge is 2.30. The number of amides is 1. The van der Waals surface area contributed by atoms with Gasteiger partial charge in [-0.05, 0) is 40.5 Å². The molecule has 0 aromatic carbocycles. The molecule has 1 aromatic heterocycles. The Labute approximate surface area is 137 Å². The third-order valence-electron chi connectivity index (χ3n) is 4.08. The molecular weight excluding hydrogens is 298 g/mol. The highest BCUT2D eigenvalue weighted by Crippen LogP contribution is 2.27. The van der Waals surface area contributed by atoms with Crippen LogP contribution in [0.25, 0.3) is 0 Å². The van der Waals surface area contributed by atoms with E-state index in [1.54, 1.807) is 16.2 Å². The van der Waals surface area contributed by atoms with Crippen molar-refractivity contribution in [3.8, 4) is 0 Å². The average molecular weight is 325 g/mol. The summed E-state index contributed by atoms with van der Waals surface area (Å²) in [5.41, 5.74) is -0.439. The molecule has 1 fully saturated rings. The van der Waals surface area contributed by atoms with Crippen LogP contribution in [-0.4, -0.2) is 52.7 Å². The second kappa shape index (κ2) is 6.96. The van der Waals surface area contributed by atoms with Gasteiger partial charge in [-0.2, -0.15) is 0 Å². The lowest BCUT2D eigenvalue weighted by Gasteiger charge is -2.39. The second-order valence-corrected chi connectivity index (χ2v) is 7.83. The molecule has 22 heavy (non-hydrogen) atoms. The summed E-state index contributed by atoms with van der Waals surface area (Å²) in [5.74, 6) is 0. The number of hydrogen-bond acceptors (Lipinski definition) is 5. The standard InChI is InChI=1S/C16H27N3O2S/c1-12(14-17-8-11-22-14)19-9-6-13(7-10-19)18(5)15(20)21-16(2,3)4/h8,11-13H,6-7,9-10H2,1-5H3/t12-/m1/s1. The van der Waals surface area contributed by atoms with E-state index in [1.807, 2.05) is 39.4 Å². The van der Waals surface area contributed by atoms with Crippen molar-refractivity contribution in [3.63, 3.8) is 0 Å². The van der Waals surface area contributed by atoms with Crippen LogP contribution in [0.2, 0.25) is 0 Å². The second-order valence-electron chi connectivity index (χ2n) is 6.90. The van der Waals surface area contributed by atoms with Gasteiger partial charge in [-0.15, -0.1) is 11.3 Å². The Morgan fingerprint density at radius 2 is 2.09 bits per heavy atom. The Bertz CT molecular complexity index is 476. The summed E-state index contributed by atoms with van der Waals surface area (Å²) < 4.78 is 5.45. The third kappa shape index (κ3) is 4.43. The summed E-state index contributed by atoms with van der Waals surface area (Å²) in [6.07, 6.45) is 3.59. The van der Waals surface area contributed by atoms with Crippen molar-refractivity contribution in [2.24, 2.45) is 0 Å². The minimum absolute atomic E-state index is 0.223. The molecule has 0 radical (unpaired) electrons. The van der Waals surface area contributed by atoms with Gasteiger partial charge >= 0.3 is 6.09 Å². The molecule has 0 saturated carbocycles. The highest BCUT2D eigenvalue weighted by molar-refractivity contribution is 7.09. The largest absolute Gasteiger partial charge is 0.444 e. The number of carbonyl (C=O) groups excluding carboxylic acids is 1. The van der Waals surface area contributed by atoms with E-state index in [-0.39, 0.29) is 12.1 Å². The molecule has 1 aliphatic heterocycles.